The van der Waals surface area contributed by atoms with Crippen molar-refractivity contribution in [2.75, 3.05) is 44.2 Å². The van der Waals surface area contributed by atoms with Gasteiger partial charge in [-0.1, -0.05) is 11.3 Å². The molecule has 6 nitrogen and oxygen atoms in total. The van der Waals surface area contributed by atoms with Crippen LogP contribution >= 0.6 is 11.3 Å². The fourth-order valence-corrected chi connectivity index (χ4v) is 4.93. The number of halogens is 1. The van der Waals surface area contributed by atoms with E-state index in [1.807, 2.05) is 20.0 Å². The third-order valence-electron chi connectivity index (χ3n) is 5.54. The SMILES string of the molecule is CCOC(=O)c1sc(N2CCN(CCCc3c[nH]c4ccc(F)cc34)CC2)nc1C. The molecule has 0 aliphatic carbocycles. The van der Waals surface area contributed by atoms with Crippen LogP contribution in [-0.2, 0) is 11.2 Å². The number of anilines is 1. The van der Waals surface area contributed by atoms with E-state index in [1.54, 1.807) is 12.1 Å². The van der Waals surface area contributed by atoms with Gasteiger partial charge in [-0.3, -0.25) is 4.90 Å². The van der Waals surface area contributed by atoms with Gasteiger partial charge >= 0.3 is 5.97 Å². The number of aromatic amines is 1. The summed E-state index contributed by atoms with van der Waals surface area (Å²) < 4.78 is 18.7. The van der Waals surface area contributed by atoms with Gasteiger partial charge in [-0.15, -0.1) is 0 Å². The van der Waals surface area contributed by atoms with E-state index in [9.17, 15) is 9.18 Å². The van der Waals surface area contributed by atoms with Crippen molar-refractivity contribution in [2.45, 2.75) is 26.7 Å². The highest BCUT2D eigenvalue weighted by molar-refractivity contribution is 7.17. The van der Waals surface area contributed by atoms with Gasteiger partial charge in [0.2, 0.25) is 0 Å². The number of H-pyrrole nitrogens is 1. The number of nitrogens with zero attached hydrogens (tertiary/aromatic N) is 3. The summed E-state index contributed by atoms with van der Waals surface area (Å²) in [6.45, 7) is 8.79. The zero-order chi connectivity index (χ0) is 21.1. The Bertz CT molecular complexity index is 1020. The molecule has 160 valence electrons. The summed E-state index contributed by atoms with van der Waals surface area (Å²) in [7, 11) is 0. The molecule has 1 aliphatic heterocycles. The van der Waals surface area contributed by atoms with E-state index in [2.05, 4.69) is 19.8 Å². The van der Waals surface area contributed by atoms with Crippen LogP contribution in [0, 0.1) is 12.7 Å². The van der Waals surface area contributed by atoms with E-state index in [4.69, 9.17) is 4.74 Å². The van der Waals surface area contributed by atoms with Crippen molar-refractivity contribution in [2.24, 2.45) is 0 Å². The number of nitrogens with one attached hydrogen (secondary N) is 1. The van der Waals surface area contributed by atoms with E-state index in [0.29, 0.717) is 11.5 Å². The molecule has 0 atom stereocenters. The van der Waals surface area contributed by atoms with Crippen LogP contribution in [-0.4, -0.2) is 60.2 Å². The zero-order valence-corrected chi connectivity index (χ0v) is 18.2. The van der Waals surface area contributed by atoms with Gasteiger partial charge in [0, 0.05) is 43.3 Å². The Labute approximate surface area is 179 Å². The lowest BCUT2D eigenvalue weighted by Gasteiger charge is -2.34. The number of aryl methyl sites for hydroxylation is 2. The highest BCUT2D eigenvalue weighted by Gasteiger charge is 2.23. The molecule has 1 aromatic carbocycles. The summed E-state index contributed by atoms with van der Waals surface area (Å²) >= 11 is 1.42. The molecule has 0 unspecified atom stereocenters. The minimum atomic E-state index is -0.283. The number of hydrogen-bond donors (Lipinski definition) is 1. The van der Waals surface area contributed by atoms with Crippen molar-refractivity contribution in [3.63, 3.8) is 0 Å². The summed E-state index contributed by atoms with van der Waals surface area (Å²) in [4.78, 5) is 25.1. The highest BCUT2D eigenvalue weighted by Crippen LogP contribution is 2.28. The number of benzene rings is 1. The quantitative estimate of drug-likeness (QED) is 0.574. The van der Waals surface area contributed by atoms with Crippen LogP contribution in [0.2, 0.25) is 0 Å². The second-order valence-corrected chi connectivity index (χ2v) is 8.55. The van der Waals surface area contributed by atoms with Crippen LogP contribution < -0.4 is 4.90 Å². The summed E-state index contributed by atoms with van der Waals surface area (Å²) in [6, 6.07) is 4.89. The van der Waals surface area contributed by atoms with Crippen molar-refractivity contribution in [3.05, 3.63) is 46.3 Å². The third-order valence-corrected chi connectivity index (χ3v) is 6.74. The van der Waals surface area contributed by atoms with Crippen LogP contribution in [0.1, 0.15) is 34.3 Å². The first kappa shape index (κ1) is 20.8. The Morgan fingerprint density at radius 2 is 2.10 bits per heavy atom. The fraction of sp³-hybridized carbons (Fsp3) is 0.455. The lowest BCUT2D eigenvalue weighted by atomic mass is 10.1. The van der Waals surface area contributed by atoms with Gasteiger partial charge in [0.25, 0.3) is 0 Å². The number of piperazine rings is 1. The highest BCUT2D eigenvalue weighted by atomic mass is 32.1. The van der Waals surface area contributed by atoms with Gasteiger partial charge < -0.3 is 14.6 Å². The van der Waals surface area contributed by atoms with E-state index in [0.717, 1.165) is 67.3 Å². The Hall–Kier alpha value is -2.45. The molecule has 1 aliphatic rings. The van der Waals surface area contributed by atoms with Crippen molar-refractivity contribution in [3.8, 4) is 0 Å². The van der Waals surface area contributed by atoms with Gasteiger partial charge in [-0.25, -0.2) is 14.2 Å². The maximum atomic E-state index is 13.5. The van der Waals surface area contributed by atoms with Crippen molar-refractivity contribution in [1.29, 1.82) is 0 Å². The molecule has 1 N–H and O–H groups in total. The second kappa shape index (κ2) is 9.14. The first-order chi connectivity index (χ1) is 14.5. The fourth-order valence-electron chi connectivity index (χ4n) is 3.92. The predicted octanol–water partition coefficient (Wildman–Crippen LogP) is 4.00. The van der Waals surface area contributed by atoms with Crippen LogP contribution in [0.5, 0.6) is 0 Å². The second-order valence-electron chi connectivity index (χ2n) is 7.57. The first-order valence-corrected chi connectivity index (χ1v) is 11.2. The minimum absolute atomic E-state index is 0.192. The smallest absolute Gasteiger partial charge is 0.350 e. The number of rotatable bonds is 7. The summed E-state index contributed by atoms with van der Waals surface area (Å²) in [6.07, 6.45) is 3.96. The number of fused-ring (bicyclic) bond motifs is 1. The summed E-state index contributed by atoms with van der Waals surface area (Å²) in [5.41, 5.74) is 2.90. The topological polar surface area (TPSA) is 61.5 Å². The van der Waals surface area contributed by atoms with Crippen molar-refractivity contribution in [1.82, 2.24) is 14.9 Å². The van der Waals surface area contributed by atoms with Crippen LogP contribution in [0.15, 0.2) is 24.4 Å². The Balaban J connectivity index is 1.27. The van der Waals surface area contributed by atoms with Crippen molar-refractivity contribution >= 4 is 33.3 Å². The molecule has 8 heteroatoms. The van der Waals surface area contributed by atoms with E-state index in [1.165, 1.54) is 23.0 Å². The number of ether oxygens (including phenoxy) is 1. The standard InChI is InChI=1S/C22H27FN4O2S/c1-3-29-21(28)20-15(2)25-22(30-20)27-11-9-26(10-12-27)8-4-5-16-14-24-19-7-6-17(23)13-18(16)19/h6-7,13-14,24H,3-5,8-12H2,1-2H3. The van der Waals surface area contributed by atoms with E-state index in [-0.39, 0.29) is 11.8 Å². The zero-order valence-electron chi connectivity index (χ0n) is 17.4. The van der Waals surface area contributed by atoms with Gasteiger partial charge in [-0.05, 0) is 57.0 Å². The summed E-state index contributed by atoms with van der Waals surface area (Å²) in [5, 5.41) is 1.88. The number of carbonyl (C=O) groups excluding carboxylic acids is 1. The molecular weight excluding hydrogens is 403 g/mol. The maximum absolute atomic E-state index is 13.5. The molecule has 3 heterocycles. The Morgan fingerprint density at radius 3 is 2.87 bits per heavy atom. The van der Waals surface area contributed by atoms with Crippen molar-refractivity contribution < 1.29 is 13.9 Å². The number of carbonyl (C=O) groups is 1. The van der Waals surface area contributed by atoms with Gasteiger partial charge in [0.1, 0.15) is 10.7 Å². The molecule has 0 amide bonds. The molecule has 4 rings (SSSR count). The van der Waals surface area contributed by atoms with Crippen LogP contribution in [0.25, 0.3) is 10.9 Å². The van der Waals surface area contributed by atoms with Crippen LogP contribution in [0.4, 0.5) is 9.52 Å². The molecule has 0 radical (unpaired) electrons. The molecule has 30 heavy (non-hydrogen) atoms. The molecule has 2 aromatic heterocycles. The largest absolute Gasteiger partial charge is 0.462 e. The lowest BCUT2D eigenvalue weighted by Crippen LogP contribution is -2.46. The van der Waals surface area contributed by atoms with Crippen LogP contribution in [0.3, 0.4) is 0 Å². The molecule has 0 saturated carbocycles. The first-order valence-electron chi connectivity index (χ1n) is 10.4. The van der Waals surface area contributed by atoms with Gasteiger partial charge in [0.05, 0.1) is 12.3 Å². The molecule has 1 fully saturated rings. The monoisotopic (exact) mass is 430 g/mol. The van der Waals surface area contributed by atoms with Gasteiger partial charge in [-0.2, -0.15) is 0 Å². The maximum Gasteiger partial charge on any atom is 0.350 e. The minimum Gasteiger partial charge on any atom is -0.462 e. The molecule has 0 spiro atoms. The lowest BCUT2D eigenvalue weighted by molar-refractivity contribution is 0.0531. The van der Waals surface area contributed by atoms with Gasteiger partial charge in [0.15, 0.2) is 5.13 Å². The van der Waals surface area contributed by atoms with E-state index < -0.39 is 0 Å². The van der Waals surface area contributed by atoms with E-state index >= 15 is 0 Å². The summed E-state index contributed by atoms with van der Waals surface area (Å²) in [5.74, 6) is -0.474. The third kappa shape index (κ3) is 4.49. The number of aromatic nitrogens is 2. The number of hydrogen-bond acceptors (Lipinski definition) is 6. The molecule has 3 aromatic rings. The molecule has 1 saturated heterocycles. The molecular formula is C22H27FN4O2S. The predicted molar refractivity (Wildman–Crippen MR) is 118 cm³/mol. The Morgan fingerprint density at radius 1 is 1.30 bits per heavy atom. The average molecular weight is 431 g/mol. The number of thiazole rings is 1. The normalized spacial score (nSPS) is 15.1. The molecule has 0 bridgehead atoms. The average Bonchev–Trinajstić information content (AvgIpc) is 3.32. The number of esters is 1. The Kier molecular flexibility index (Phi) is 6.34.